The van der Waals surface area contributed by atoms with Gasteiger partial charge in [-0.1, -0.05) is 23.2 Å². The molecule has 1 aliphatic heterocycles. The van der Waals surface area contributed by atoms with Gasteiger partial charge in [-0.2, -0.15) is 0 Å². The highest BCUT2D eigenvalue weighted by Crippen LogP contribution is 2.30. The lowest BCUT2D eigenvalue weighted by atomic mass is 10.0. The molecule has 0 aliphatic carbocycles. The number of benzene rings is 1. The van der Waals surface area contributed by atoms with Gasteiger partial charge in [0.1, 0.15) is 0 Å². The smallest absolute Gasteiger partial charge is 0.178 e. The van der Waals surface area contributed by atoms with Crippen molar-refractivity contribution < 1.29 is 0 Å². The Morgan fingerprint density at radius 1 is 1.29 bits per heavy atom. The minimum Gasteiger partial charge on any atom is -0.354 e. The second-order valence-corrected chi connectivity index (χ2v) is 5.66. The van der Waals surface area contributed by atoms with Crippen molar-refractivity contribution in [2.75, 3.05) is 4.90 Å². The van der Waals surface area contributed by atoms with Gasteiger partial charge in [0, 0.05) is 11.2 Å². The Labute approximate surface area is 116 Å². The topological polar surface area (TPSA) is 15.3 Å². The summed E-state index contributed by atoms with van der Waals surface area (Å²) in [6.45, 7) is 4.10. The van der Waals surface area contributed by atoms with Crippen molar-refractivity contribution in [2.45, 2.75) is 19.4 Å². The fourth-order valence-electron chi connectivity index (χ4n) is 1.57. The molecule has 1 heterocycles. The molecule has 0 saturated carbocycles. The minimum atomic E-state index is -0.132. The van der Waals surface area contributed by atoms with Crippen molar-refractivity contribution in [3.05, 3.63) is 40.5 Å². The van der Waals surface area contributed by atoms with E-state index in [0.29, 0.717) is 15.2 Å². The first-order valence-corrected chi connectivity index (χ1v) is 6.31. The number of rotatable bonds is 1. The molecule has 0 radical (unpaired) electrons. The Bertz CT molecular complexity index is 497. The molecule has 90 valence electrons. The molecule has 0 bridgehead atoms. The van der Waals surface area contributed by atoms with Crippen LogP contribution in [0.5, 0.6) is 0 Å². The predicted octanol–water partition coefficient (Wildman–Crippen LogP) is 3.98. The number of anilines is 1. The van der Waals surface area contributed by atoms with Gasteiger partial charge >= 0.3 is 0 Å². The molecule has 0 atom stereocenters. The van der Waals surface area contributed by atoms with E-state index in [4.69, 9.17) is 35.4 Å². The summed E-state index contributed by atoms with van der Waals surface area (Å²) in [5, 5.41) is 5.04. The van der Waals surface area contributed by atoms with Crippen LogP contribution in [0, 0.1) is 0 Å². The van der Waals surface area contributed by atoms with Crippen LogP contribution < -0.4 is 10.2 Å². The van der Waals surface area contributed by atoms with E-state index < -0.39 is 0 Å². The second kappa shape index (κ2) is 4.48. The van der Waals surface area contributed by atoms with Crippen LogP contribution in [-0.4, -0.2) is 10.7 Å². The molecule has 2 rings (SSSR count). The number of halogens is 2. The van der Waals surface area contributed by atoms with Crippen LogP contribution in [-0.2, 0) is 0 Å². The van der Waals surface area contributed by atoms with E-state index in [-0.39, 0.29) is 5.54 Å². The fraction of sp³-hybridized carbons (Fsp3) is 0.250. The van der Waals surface area contributed by atoms with Gasteiger partial charge in [-0.15, -0.1) is 0 Å². The third-order valence-electron chi connectivity index (χ3n) is 2.46. The van der Waals surface area contributed by atoms with E-state index in [1.165, 1.54) is 0 Å². The number of hydrogen-bond donors (Lipinski definition) is 1. The van der Waals surface area contributed by atoms with Crippen LogP contribution in [0.3, 0.4) is 0 Å². The lowest BCUT2D eigenvalue weighted by molar-refractivity contribution is 0.566. The molecule has 0 fully saturated rings. The Morgan fingerprint density at radius 3 is 2.59 bits per heavy atom. The number of nitrogens with one attached hydrogen (secondary N) is 1. The van der Waals surface area contributed by atoms with E-state index in [9.17, 15) is 0 Å². The summed E-state index contributed by atoms with van der Waals surface area (Å²) < 4.78 is 0. The SMILES string of the molecule is CC1(C)C=CN(c2ccc(Cl)cc2Cl)C(=S)N1. The normalized spacial score (nSPS) is 18.1. The third kappa shape index (κ3) is 2.73. The molecule has 0 spiro atoms. The summed E-state index contributed by atoms with van der Waals surface area (Å²) in [6, 6.07) is 5.34. The zero-order valence-corrected chi connectivity index (χ0v) is 11.8. The first kappa shape index (κ1) is 12.7. The fourth-order valence-corrected chi connectivity index (χ4v) is 2.49. The van der Waals surface area contributed by atoms with Gasteiger partial charge in [-0.05, 0) is 50.3 Å². The van der Waals surface area contributed by atoms with Crippen molar-refractivity contribution in [1.82, 2.24) is 5.32 Å². The highest BCUT2D eigenvalue weighted by molar-refractivity contribution is 7.80. The minimum absolute atomic E-state index is 0.132. The molecule has 0 amide bonds. The maximum absolute atomic E-state index is 6.15. The van der Waals surface area contributed by atoms with Crippen molar-refractivity contribution in [1.29, 1.82) is 0 Å². The zero-order valence-electron chi connectivity index (χ0n) is 9.50. The summed E-state index contributed by atoms with van der Waals surface area (Å²) in [5.74, 6) is 0. The Morgan fingerprint density at radius 2 is 2.00 bits per heavy atom. The summed E-state index contributed by atoms with van der Waals surface area (Å²) >= 11 is 17.3. The van der Waals surface area contributed by atoms with Crippen LogP contribution in [0.25, 0.3) is 0 Å². The molecular formula is C12H12Cl2N2S. The summed E-state index contributed by atoms with van der Waals surface area (Å²) in [6.07, 6.45) is 3.96. The second-order valence-electron chi connectivity index (χ2n) is 4.43. The van der Waals surface area contributed by atoms with E-state index in [1.807, 2.05) is 23.2 Å². The van der Waals surface area contributed by atoms with Crippen molar-refractivity contribution in [3.8, 4) is 0 Å². The lowest BCUT2D eigenvalue weighted by Gasteiger charge is -2.35. The molecule has 1 N–H and O–H groups in total. The summed E-state index contributed by atoms with van der Waals surface area (Å²) in [5.41, 5.74) is 0.687. The average Bonchev–Trinajstić information content (AvgIpc) is 2.18. The van der Waals surface area contributed by atoms with Crippen molar-refractivity contribution in [2.24, 2.45) is 0 Å². The molecule has 17 heavy (non-hydrogen) atoms. The van der Waals surface area contributed by atoms with Crippen LogP contribution >= 0.6 is 35.4 Å². The van der Waals surface area contributed by atoms with E-state index in [0.717, 1.165) is 5.69 Å². The van der Waals surface area contributed by atoms with E-state index >= 15 is 0 Å². The Balaban J connectivity index is 2.38. The van der Waals surface area contributed by atoms with Gasteiger partial charge in [0.2, 0.25) is 0 Å². The quantitative estimate of drug-likeness (QED) is 0.786. The van der Waals surface area contributed by atoms with Gasteiger partial charge < -0.3 is 5.32 Å². The molecule has 5 heteroatoms. The van der Waals surface area contributed by atoms with Gasteiger partial charge in [0.15, 0.2) is 5.11 Å². The molecule has 2 nitrogen and oxygen atoms in total. The van der Waals surface area contributed by atoms with E-state index in [2.05, 4.69) is 19.2 Å². The first-order chi connectivity index (χ1) is 7.89. The number of hydrogen-bond acceptors (Lipinski definition) is 1. The van der Waals surface area contributed by atoms with Crippen molar-refractivity contribution >= 4 is 46.2 Å². The third-order valence-corrected chi connectivity index (χ3v) is 3.29. The van der Waals surface area contributed by atoms with Crippen LogP contribution in [0.15, 0.2) is 30.5 Å². The standard InChI is InChI=1S/C12H12Cl2N2S/c1-12(2)5-6-16(11(17)15-12)10-4-3-8(13)7-9(10)14/h3-7H,1-2H3,(H,15,17). The molecule has 0 unspecified atom stereocenters. The summed E-state index contributed by atoms with van der Waals surface area (Å²) in [4.78, 5) is 1.83. The molecule has 0 saturated heterocycles. The molecular weight excluding hydrogens is 275 g/mol. The Hall–Kier alpha value is -0.770. The molecule has 1 aliphatic rings. The predicted molar refractivity (Wildman–Crippen MR) is 77.9 cm³/mol. The zero-order chi connectivity index (χ0) is 12.6. The Kier molecular flexibility index (Phi) is 3.34. The van der Waals surface area contributed by atoms with E-state index in [1.54, 1.807) is 12.1 Å². The van der Waals surface area contributed by atoms with Gasteiger partial charge in [0.05, 0.1) is 16.2 Å². The van der Waals surface area contributed by atoms with Gasteiger partial charge in [0.25, 0.3) is 0 Å². The lowest BCUT2D eigenvalue weighted by Crippen LogP contribution is -2.51. The number of thiocarbonyl (C=S) groups is 1. The van der Waals surface area contributed by atoms with Gasteiger partial charge in [-0.25, -0.2) is 0 Å². The highest BCUT2D eigenvalue weighted by Gasteiger charge is 2.24. The molecule has 1 aromatic carbocycles. The first-order valence-electron chi connectivity index (χ1n) is 5.15. The van der Waals surface area contributed by atoms with Gasteiger partial charge in [-0.3, -0.25) is 4.90 Å². The monoisotopic (exact) mass is 286 g/mol. The van der Waals surface area contributed by atoms with Crippen LogP contribution in [0.1, 0.15) is 13.8 Å². The molecule has 1 aromatic rings. The average molecular weight is 287 g/mol. The molecule has 0 aromatic heterocycles. The maximum Gasteiger partial charge on any atom is 0.178 e. The highest BCUT2D eigenvalue weighted by atomic mass is 35.5. The van der Waals surface area contributed by atoms with Crippen LogP contribution in [0.2, 0.25) is 10.0 Å². The maximum atomic E-state index is 6.15. The summed E-state index contributed by atoms with van der Waals surface area (Å²) in [7, 11) is 0. The van der Waals surface area contributed by atoms with Crippen LogP contribution in [0.4, 0.5) is 5.69 Å². The largest absolute Gasteiger partial charge is 0.354 e. The number of nitrogens with zero attached hydrogens (tertiary/aromatic N) is 1. The van der Waals surface area contributed by atoms with Crippen molar-refractivity contribution in [3.63, 3.8) is 0 Å².